The van der Waals surface area contributed by atoms with Gasteiger partial charge in [0.05, 0.1) is 5.69 Å². The van der Waals surface area contributed by atoms with Crippen LogP contribution < -0.4 is 4.74 Å². The van der Waals surface area contributed by atoms with Crippen LogP contribution in [0.15, 0.2) is 36.4 Å². The van der Waals surface area contributed by atoms with Crippen molar-refractivity contribution in [1.29, 1.82) is 0 Å². The van der Waals surface area contributed by atoms with E-state index in [2.05, 4.69) is 11.7 Å². The van der Waals surface area contributed by atoms with E-state index in [4.69, 9.17) is 4.74 Å². The van der Waals surface area contributed by atoms with Crippen molar-refractivity contribution in [2.24, 2.45) is 0 Å². The second-order valence-corrected chi connectivity index (χ2v) is 5.69. The molecule has 0 aliphatic heterocycles. The topological polar surface area (TPSA) is 44.1 Å². The molecular formula is C18H22N2O2. The number of carbonyl (C=O) groups excluding carboxylic acids is 1. The summed E-state index contributed by atoms with van der Waals surface area (Å²) in [5.41, 5.74) is 4.94. The van der Waals surface area contributed by atoms with Crippen molar-refractivity contribution in [1.82, 2.24) is 9.78 Å². The summed E-state index contributed by atoms with van der Waals surface area (Å²) in [6.45, 7) is 11.7. The van der Waals surface area contributed by atoms with Gasteiger partial charge in [0.15, 0.2) is 6.61 Å². The van der Waals surface area contributed by atoms with Crippen LogP contribution in [-0.4, -0.2) is 22.3 Å². The van der Waals surface area contributed by atoms with Crippen molar-refractivity contribution >= 4 is 5.91 Å². The highest BCUT2D eigenvalue weighted by atomic mass is 16.5. The van der Waals surface area contributed by atoms with Gasteiger partial charge >= 0.3 is 0 Å². The molecule has 0 bridgehead atoms. The standard InChI is InChI=1S/C18H22N2O2/c1-12(2)9-17-14(4)19-20(15(17)5)18(21)11-22-16-8-6-7-13(3)10-16/h6-8,10H,1,9,11H2,2-5H3. The summed E-state index contributed by atoms with van der Waals surface area (Å²) in [6.07, 6.45) is 0.740. The molecule has 4 nitrogen and oxygen atoms in total. The lowest BCUT2D eigenvalue weighted by Crippen LogP contribution is -2.21. The highest BCUT2D eigenvalue weighted by Crippen LogP contribution is 2.17. The minimum absolute atomic E-state index is 0.0298. The van der Waals surface area contributed by atoms with Crippen molar-refractivity contribution in [2.45, 2.75) is 34.1 Å². The molecule has 0 atom stereocenters. The van der Waals surface area contributed by atoms with E-state index in [-0.39, 0.29) is 12.5 Å². The average molecular weight is 298 g/mol. The first kappa shape index (κ1) is 16.0. The predicted molar refractivity (Wildman–Crippen MR) is 87.5 cm³/mol. The molecule has 0 fully saturated rings. The second kappa shape index (κ2) is 6.60. The molecule has 0 amide bonds. The van der Waals surface area contributed by atoms with Gasteiger partial charge in [0.25, 0.3) is 5.91 Å². The minimum Gasteiger partial charge on any atom is -0.484 e. The largest absolute Gasteiger partial charge is 0.484 e. The Hall–Kier alpha value is -2.36. The zero-order chi connectivity index (χ0) is 16.3. The Balaban J connectivity index is 2.11. The van der Waals surface area contributed by atoms with Crippen molar-refractivity contribution < 1.29 is 9.53 Å². The zero-order valence-electron chi connectivity index (χ0n) is 13.6. The molecule has 0 aliphatic carbocycles. The fourth-order valence-electron chi connectivity index (χ4n) is 2.39. The van der Waals surface area contributed by atoms with Crippen molar-refractivity contribution in [2.75, 3.05) is 6.61 Å². The van der Waals surface area contributed by atoms with E-state index < -0.39 is 0 Å². The number of ether oxygens (including phenoxy) is 1. The maximum absolute atomic E-state index is 12.3. The average Bonchev–Trinajstić information content (AvgIpc) is 2.72. The molecule has 0 unspecified atom stereocenters. The van der Waals surface area contributed by atoms with E-state index in [0.717, 1.165) is 34.5 Å². The molecule has 0 saturated heterocycles. The minimum atomic E-state index is -0.171. The molecule has 116 valence electrons. The van der Waals surface area contributed by atoms with Crippen LogP contribution in [0.25, 0.3) is 0 Å². The number of benzene rings is 1. The van der Waals surface area contributed by atoms with Gasteiger partial charge in [-0.25, -0.2) is 4.68 Å². The van der Waals surface area contributed by atoms with Gasteiger partial charge in [-0.05, 0) is 51.8 Å². The molecule has 0 spiro atoms. The van der Waals surface area contributed by atoms with Crippen LogP contribution in [0.2, 0.25) is 0 Å². The number of hydrogen-bond donors (Lipinski definition) is 0. The van der Waals surface area contributed by atoms with Crippen LogP contribution in [-0.2, 0) is 6.42 Å². The highest BCUT2D eigenvalue weighted by Gasteiger charge is 2.16. The van der Waals surface area contributed by atoms with Crippen LogP contribution in [0.1, 0.15) is 34.2 Å². The molecule has 4 heteroatoms. The molecule has 2 aromatic rings. The summed E-state index contributed by atoms with van der Waals surface area (Å²) in [5, 5.41) is 4.34. The van der Waals surface area contributed by atoms with Crippen LogP contribution >= 0.6 is 0 Å². The number of rotatable bonds is 5. The first-order valence-corrected chi connectivity index (χ1v) is 7.30. The Morgan fingerprint density at radius 2 is 2.05 bits per heavy atom. The summed E-state index contributed by atoms with van der Waals surface area (Å²) < 4.78 is 6.99. The van der Waals surface area contributed by atoms with Gasteiger partial charge < -0.3 is 4.74 Å². The number of hydrogen-bond acceptors (Lipinski definition) is 3. The summed E-state index contributed by atoms with van der Waals surface area (Å²) in [7, 11) is 0. The number of aryl methyl sites for hydroxylation is 2. The molecule has 0 saturated carbocycles. The van der Waals surface area contributed by atoms with Crippen molar-refractivity contribution in [3.8, 4) is 5.75 Å². The molecular weight excluding hydrogens is 276 g/mol. The van der Waals surface area contributed by atoms with E-state index in [0.29, 0.717) is 5.75 Å². The van der Waals surface area contributed by atoms with Gasteiger partial charge in [0.2, 0.25) is 0 Å². The van der Waals surface area contributed by atoms with E-state index in [1.165, 1.54) is 4.68 Å². The third kappa shape index (κ3) is 3.64. The first-order chi connectivity index (χ1) is 10.4. The van der Waals surface area contributed by atoms with Crippen LogP contribution in [0.4, 0.5) is 0 Å². The van der Waals surface area contributed by atoms with E-state index in [1.54, 1.807) is 0 Å². The third-order valence-electron chi connectivity index (χ3n) is 3.51. The van der Waals surface area contributed by atoms with Crippen molar-refractivity contribution in [3.63, 3.8) is 0 Å². The van der Waals surface area contributed by atoms with Crippen molar-refractivity contribution in [3.05, 3.63) is 58.9 Å². The van der Waals surface area contributed by atoms with Crippen LogP contribution in [0, 0.1) is 20.8 Å². The Bertz CT molecular complexity index is 714. The molecule has 1 heterocycles. The SMILES string of the molecule is C=C(C)Cc1c(C)nn(C(=O)COc2cccc(C)c2)c1C. The Kier molecular flexibility index (Phi) is 4.81. The smallest absolute Gasteiger partial charge is 0.284 e. The quantitative estimate of drug-likeness (QED) is 0.791. The lowest BCUT2D eigenvalue weighted by Gasteiger charge is -2.07. The maximum atomic E-state index is 12.3. The number of carbonyl (C=O) groups is 1. The molecule has 0 N–H and O–H groups in total. The Morgan fingerprint density at radius 3 is 2.68 bits per heavy atom. The normalized spacial score (nSPS) is 10.5. The second-order valence-electron chi connectivity index (χ2n) is 5.69. The van der Waals surface area contributed by atoms with Gasteiger partial charge in [-0.2, -0.15) is 5.10 Å². The monoisotopic (exact) mass is 298 g/mol. The summed E-state index contributed by atoms with van der Waals surface area (Å²) in [5.74, 6) is 0.520. The number of allylic oxidation sites excluding steroid dienone is 1. The number of nitrogens with zero attached hydrogens (tertiary/aromatic N) is 2. The summed E-state index contributed by atoms with van der Waals surface area (Å²) in [4.78, 5) is 12.3. The lowest BCUT2D eigenvalue weighted by atomic mass is 10.1. The van der Waals surface area contributed by atoms with Gasteiger partial charge in [-0.1, -0.05) is 24.3 Å². The zero-order valence-corrected chi connectivity index (χ0v) is 13.6. The lowest BCUT2D eigenvalue weighted by molar-refractivity contribution is 0.0818. The maximum Gasteiger partial charge on any atom is 0.284 e. The van der Waals surface area contributed by atoms with Gasteiger partial charge in [-0.15, -0.1) is 0 Å². The Labute approximate surface area is 131 Å². The molecule has 0 radical (unpaired) electrons. The van der Waals surface area contributed by atoms with Crippen LogP contribution in [0.3, 0.4) is 0 Å². The third-order valence-corrected chi connectivity index (χ3v) is 3.51. The Morgan fingerprint density at radius 1 is 1.32 bits per heavy atom. The summed E-state index contributed by atoms with van der Waals surface area (Å²) in [6, 6.07) is 7.64. The molecule has 2 rings (SSSR count). The fourth-order valence-corrected chi connectivity index (χ4v) is 2.39. The predicted octanol–water partition coefficient (Wildman–Crippen LogP) is 3.65. The molecule has 1 aromatic heterocycles. The number of aromatic nitrogens is 2. The molecule has 22 heavy (non-hydrogen) atoms. The van der Waals surface area contributed by atoms with E-state index in [9.17, 15) is 4.79 Å². The van der Waals surface area contributed by atoms with Gasteiger partial charge in [0.1, 0.15) is 5.75 Å². The molecule has 0 aliphatic rings. The summed E-state index contributed by atoms with van der Waals surface area (Å²) >= 11 is 0. The van der Waals surface area contributed by atoms with Gasteiger partial charge in [-0.3, -0.25) is 4.79 Å². The van der Waals surface area contributed by atoms with Gasteiger partial charge in [0, 0.05) is 11.3 Å². The highest BCUT2D eigenvalue weighted by molar-refractivity contribution is 5.80. The van der Waals surface area contributed by atoms with E-state index >= 15 is 0 Å². The van der Waals surface area contributed by atoms with E-state index in [1.807, 2.05) is 52.0 Å². The fraction of sp³-hybridized carbons (Fsp3) is 0.333. The first-order valence-electron chi connectivity index (χ1n) is 7.30. The van der Waals surface area contributed by atoms with Crippen LogP contribution in [0.5, 0.6) is 5.75 Å². The molecule has 1 aromatic carbocycles.